The number of nitrogens with zero attached hydrogens (tertiary/aromatic N) is 2. The maximum Gasteiger partial charge on any atom is 1.00 e. The van der Waals surface area contributed by atoms with Crippen molar-refractivity contribution in [1.82, 2.24) is 0 Å². The largest absolute Gasteiger partial charge is 1.00 e. The Kier molecular flexibility index (Phi) is 26.6. The molecule has 560 valence electrons. The SMILES string of the molecule is Cc1ccc(N(c2ccc(C)cc2)c2ccc([S+]3CCCC3)cc2)cc1.Cc1ccc(N(c2ccccc2)c2ccc(C)cc2)cc1.O=C(OC(C(F)(F)F)C(F)(F)S(=O)(=O)[O-])C12CC3CC(CC(C3)C1)C2.O=C(OC(C(F)(F)F)C(F)(F)S(=O)(=O)[O-])C12CC3CC(CC(C3)C1)C2.O=S1CCCC1.[Na+]. The van der Waals surface area contributed by atoms with Crippen LogP contribution in [0.3, 0.4) is 0 Å². The number of carbonyl (C=O) groups excluding carboxylic acids is 2. The van der Waals surface area contributed by atoms with E-state index in [0.29, 0.717) is 10.9 Å². The summed E-state index contributed by atoms with van der Waals surface area (Å²) in [6, 6.07) is 54.6. The first kappa shape index (κ1) is 82.5. The van der Waals surface area contributed by atoms with Crippen LogP contribution in [0.2, 0.25) is 0 Å². The van der Waals surface area contributed by atoms with Crippen LogP contribution in [0, 0.1) is 74.0 Å². The normalized spacial score (nSPS) is 24.7. The number of benzene rings is 6. The Labute approximate surface area is 629 Å². The molecule has 2 saturated heterocycles. The van der Waals surface area contributed by atoms with Crippen LogP contribution in [0.25, 0.3) is 0 Å². The molecule has 2 atom stereocenters. The monoisotopic (exact) mass is 1540 g/mol. The first-order chi connectivity index (χ1) is 48.3. The minimum Gasteiger partial charge on any atom is -0.743 e. The molecule has 16 rings (SSSR count). The second-order valence-electron chi connectivity index (χ2n) is 29.1. The number of para-hydroxylation sites is 1. The number of hydrogen-bond acceptors (Lipinski definition) is 13. The van der Waals surface area contributed by atoms with E-state index in [4.69, 9.17) is 0 Å². The zero-order valence-electron chi connectivity index (χ0n) is 58.5. The molecule has 8 bridgehead atoms. The second kappa shape index (κ2) is 33.5. The van der Waals surface area contributed by atoms with E-state index in [1.807, 2.05) is 6.07 Å². The van der Waals surface area contributed by atoms with Crippen molar-refractivity contribution < 1.29 is 123 Å². The third kappa shape index (κ3) is 19.9. The number of carbonyl (C=O) groups is 2. The molecule has 6 aromatic rings. The summed E-state index contributed by atoms with van der Waals surface area (Å²) >= 11 is 0. The van der Waals surface area contributed by atoms with Crippen LogP contribution in [0.4, 0.5) is 78.0 Å². The summed E-state index contributed by atoms with van der Waals surface area (Å²) in [4.78, 5) is 30.9. The van der Waals surface area contributed by atoms with Gasteiger partial charge in [-0.05, 0) is 251 Å². The fourth-order valence-electron chi connectivity index (χ4n) is 16.7. The van der Waals surface area contributed by atoms with Gasteiger partial charge < -0.3 is 28.4 Å². The van der Waals surface area contributed by atoms with Gasteiger partial charge in [-0.3, -0.25) is 13.8 Å². The molecule has 104 heavy (non-hydrogen) atoms. The molecular weight excluding hydrogens is 1460 g/mol. The van der Waals surface area contributed by atoms with Crippen LogP contribution in [0.15, 0.2) is 157 Å². The molecule has 2 unspecified atom stereocenters. The minimum atomic E-state index is -6.67. The summed E-state index contributed by atoms with van der Waals surface area (Å²) < 4.78 is 213. The Hall–Kier alpha value is -5.52. The smallest absolute Gasteiger partial charge is 0.743 e. The molecule has 6 aromatic carbocycles. The molecular formula is C76H85F10N2NaO11S4. The zero-order valence-corrected chi connectivity index (χ0v) is 63.8. The van der Waals surface area contributed by atoms with Crippen LogP contribution in [0.1, 0.15) is 125 Å². The van der Waals surface area contributed by atoms with Gasteiger partial charge in [-0.2, -0.15) is 43.9 Å². The van der Waals surface area contributed by atoms with Crippen LogP contribution < -0.4 is 39.4 Å². The maximum atomic E-state index is 13.5. The molecule has 8 aliphatic carbocycles. The number of anilines is 6. The molecule has 28 heteroatoms. The van der Waals surface area contributed by atoms with Crippen molar-refractivity contribution in [2.24, 2.45) is 46.3 Å². The topological polar surface area (TPSA) is 191 Å². The molecule has 0 amide bonds. The summed E-state index contributed by atoms with van der Waals surface area (Å²) in [7, 11) is -13.3. The van der Waals surface area contributed by atoms with E-state index in [0.717, 1.165) is 50.0 Å². The van der Waals surface area contributed by atoms with Crippen molar-refractivity contribution in [3.05, 3.63) is 174 Å². The Morgan fingerprint density at radius 2 is 0.683 bits per heavy atom. The Morgan fingerprint density at radius 3 is 0.913 bits per heavy atom. The van der Waals surface area contributed by atoms with Crippen LogP contribution in [0.5, 0.6) is 0 Å². The van der Waals surface area contributed by atoms with Crippen LogP contribution in [-0.2, 0) is 61.0 Å². The number of rotatable bonds is 15. The molecule has 2 aliphatic heterocycles. The zero-order chi connectivity index (χ0) is 74.7. The molecule has 0 aromatic heterocycles. The summed E-state index contributed by atoms with van der Waals surface area (Å²) in [6.45, 7) is 8.50. The molecule has 0 N–H and O–H groups in total. The molecule has 0 radical (unpaired) electrons. The van der Waals surface area contributed by atoms with Crippen LogP contribution in [-0.4, -0.2) is 100 Å². The number of ether oxygens (including phenoxy) is 2. The Bertz CT molecular complexity index is 3850. The van der Waals surface area contributed by atoms with Gasteiger partial charge >= 0.3 is 64.4 Å². The van der Waals surface area contributed by atoms with Gasteiger partial charge in [-0.1, -0.05) is 89.0 Å². The van der Waals surface area contributed by atoms with Gasteiger partial charge in [0, 0.05) is 67.3 Å². The van der Waals surface area contributed by atoms with Gasteiger partial charge in [0.2, 0.25) is 0 Å². The van der Waals surface area contributed by atoms with E-state index in [1.54, 1.807) is 0 Å². The van der Waals surface area contributed by atoms with Gasteiger partial charge in [0.15, 0.2) is 25.1 Å². The molecule has 8 saturated carbocycles. The maximum absolute atomic E-state index is 13.5. The Balaban J connectivity index is 0.000000156. The molecule has 0 spiro atoms. The van der Waals surface area contributed by atoms with E-state index in [1.165, 1.54) is 98.5 Å². The van der Waals surface area contributed by atoms with Crippen molar-refractivity contribution in [3.8, 4) is 0 Å². The third-order valence-corrected chi connectivity index (χ3v) is 26.7. The predicted octanol–water partition coefficient (Wildman–Crippen LogP) is 15.5. The van der Waals surface area contributed by atoms with E-state index in [9.17, 15) is 83.6 Å². The standard InChI is InChI=1S/C24H26NS.C20H19N.2C14H17F5O5S.C4H8OS.Na/c1-19-5-9-21(10-6-19)25(22-11-7-20(2)8-12-22)23-13-15-24(16-14-23)26-17-3-4-18-26;1-16-8-12-19(13-9-16)21(18-6-4-3-5-7-18)20-14-10-17(2)11-15-20;2*15-13(16,17)10(14(18,19)25(21,22)23)24-11(20)12-4-7-1-8(5-12)3-9(2-7)6-12;5-6-3-1-2-4-6;/h5-16H,3-4,17-18H2,1-2H3;3-15H,1-2H3;2*7-10H,1-6H2,(H,21,22,23);1-4H2;/q+1;;;;;+1/p-2. The second-order valence-corrected chi connectivity index (χ2v) is 36.0. The van der Waals surface area contributed by atoms with E-state index < -0.39 is 88.9 Å². The summed E-state index contributed by atoms with van der Waals surface area (Å²) in [6.07, 6.45) is -8.65. The predicted molar refractivity (Wildman–Crippen MR) is 375 cm³/mol. The van der Waals surface area contributed by atoms with Crippen molar-refractivity contribution in [3.63, 3.8) is 0 Å². The van der Waals surface area contributed by atoms with Crippen molar-refractivity contribution in [1.29, 1.82) is 0 Å². The van der Waals surface area contributed by atoms with E-state index >= 15 is 0 Å². The fraction of sp³-hybridized carbons (Fsp3) is 0.500. The number of alkyl halides is 10. The van der Waals surface area contributed by atoms with Crippen LogP contribution >= 0.6 is 0 Å². The van der Waals surface area contributed by atoms with Gasteiger partial charge in [0.25, 0.3) is 12.2 Å². The van der Waals surface area contributed by atoms with Gasteiger partial charge in [0.05, 0.1) is 10.8 Å². The van der Waals surface area contributed by atoms with E-state index in [2.05, 4.69) is 193 Å². The fourth-order valence-corrected chi connectivity index (χ4v) is 21.1. The van der Waals surface area contributed by atoms with Gasteiger partial charge in [0.1, 0.15) is 11.5 Å². The average Bonchev–Trinajstić information content (AvgIpc) is 0.800. The Morgan fingerprint density at radius 1 is 0.433 bits per heavy atom. The quantitative estimate of drug-likeness (QED) is 0.0310. The number of esters is 2. The summed E-state index contributed by atoms with van der Waals surface area (Å²) in [5, 5.41) is -11.6. The average molecular weight is 1540 g/mol. The molecule has 10 fully saturated rings. The molecule has 2 heterocycles. The number of aryl methyl sites for hydroxylation is 4. The van der Waals surface area contributed by atoms with Crippen molar-refractivity contribution >= 4 is 88.0 Å². The van der Waals surface area contributed by atoms with Gasteiger partial charge in [-0.15, -0.1) is 0 Å². The summed E-state index contributed by atoms with van der Waals surface area (Å²) in [5.41, 5.74) is 9.70. The summed E-state index contributed by atoms with van der Waals surface area (Å²) in [5.74, 6) is 2.50. The third-order valence-electron chi connectivity index (χ3n) is 20.9. The minimum absolute atomic E-state index is 0. The van der Waals surface area contributed by atoms with Crippen molar-refractivity contribution in [2.45, 2.75) is 170 Å². The van der Waals surface area contributed by atoms with Crippen molar-refractivity contribution in [2.75, 3.05) is 32.8 Å². The first-order valence-corrected chi connectivity index (χ1v) is 40.5. The number of halogens is 10. The van der Waals surface area contributed by atoms with E-state index in [-0.39, 0.29) is 104 Å². The van der Waals surface area contributed by atoms with Gasteiger partial charge in [-0.25, -0.2) is 16.8 Å². The molecule has 13 nitrogen and oxygen atoms in total. The first-order valence-electron chi connectivity index (χ1n) is 34.6. The number of hydrogen-bond donors (Lipinski definition) is 0. The molecule has 10 aliphatic rings.